The largest absolute Gasteiger partial charge is 0.472 e. The van der Waals surface area contributed by atoms with Gasteiger partial charge in [0.2, 0.25) is 0 Å². The molecule has 5 nitrogen and oxygen atoms in total. The molecule has 0 unspecified atom stereocenters. The van der Waals surface area contributed by atoms with E-state index in [1.54, 1.807) is 0 Å². The molecule has 2 spiro atoms. The third-order valence-corrected chi connectivity index (χ3v) is 13.1. The highest BCUT2D eigenvalue weighted by molar-refractivity contribution is 8.01. The topological polar surface area (TPSA) is 42.0 Å². The number of hydrogen-bond acceptors (Lipinski definition) is 6. The van der Waals surface area contributed by atoms with Crippen molar-refractivity contribution in [3.8, 4) is 0 Å². The summed E-state index contributed by atoms with van der Waals surface area (Å²) in [4.78, 5) is 5.75. The first-order valence-corrected chi connectivity index (χ1v) is 16.3. The van der Waals surface area contributed by atoms with Gasteiger partial charge in [0.05, 0.1) is 25.1 Å². The highest BCUT2D eigenvalue weighted by atomic mass is 32.2. The molecule has 5 saturated heterocycles. The summed E-state index contributed by atoms with van der Waals surface area (Å²) in [6, 6.07) is 6.64. The van der Waals surface area contributed by atoms with Crippen molar-refractivity contribution < 1.29 is 13.6 Å². The molecule has 208 valence electrons. The lowest BCUT2D eigenvalue weighted by molar-refractivity contribution is -0.206. The van der Waals surface area contributed by atoms with Gasteiger partial charge in [-0.3, -0.25) is 9.80 Å². The Bertz CT molecular complexity index is 1070. The number of fused-ring (bicyclic) bond motifs is 2. The first kappa shape index (κ1) is 25.7. The number of hydrogen-bond donors (Lipinski definition) is 0. The van der Waals surface area contributed by atoms with Gasteiger partial charge in [-0.15, -0.1) is 0 Å². The van der Waals surface area contributed by atoms with E-state index < -0.39 is 0 Å². The van der Waals surface area contributed by atoms with Crippen molar-refractivity contribution in [3.05, 3.63) is 48.3 Å². The van der Waals surface area contributed by atoms with Crippen molar-refractivity contribution in [1.82, 2.24) is 9.80 Å². The molecule has 0 aliphatic carbocycles. The molecule has 38 heavy (non-hydrogen) atoms. The Morgan fingerprint density at radius 2 is 1.58 bits per heavy atom. The van der Waals surface area contributed by atoms with Crippen LogP contribution in [0.5, 0.6) is 0 Å². The van der Waals surface area contributed by atoms with E-state index in [0.717, 1.165) is 18.4 Å². The molecular weight excluding hydrogens is 492 g/mol. The average Bonchev–Trinajstić information content (AvgIpc) is 3.70. The minimum Gasteiger partial charge on any atom is -0.472 e. The van der Waals surface area contributed by atoms with E-state index in [4.69, 9.17) is 13.6 Å². The van der Waals surface area contributed by atoms with Crippen LogP contribution < -0.4 is 0 Å². The van der Waals surface area contributed by atoms with Gasteiger partial charge in [-0.25, -0.2) is 0 Å². The van der Waals surface area contributed by atoms with Gasteiger partial charge in [0.1, 0.15) is 6.23 Å². The van der Waals surface area contributed by atoms with Crippen LogP contribution in [0.3, 0.4) is 0 Å². The summed E-state index contributed by atoms with van der Waals surface area (Å²) in [6.45, 7) is 9.17. The fourth-order valence-corrected chi connectivity index (χ4v) is 11.3. The fraction of sp³-hybridized carbons (Fsp3) is 0.750. The molecule has 7 heterocycles. The molecule has 5 aliphatic rings. The predicted octanol–water partition coefficient (Wildman–Crippen LogP) is 7.67. The average molecular weight is 539 g/mol. The standard InChI is InChI=1S/C32H46N2O3S/c1-4-37-30-31(13-9-27-23(3)6-8-29(34(27)30)25-12-16-36-18-25)19-32(38-21-31)14-10-26-22(2)5-7-28(33(26)20-32)24-11-15-35-17-24/h11-12,15-18,22-23,26-30H,4-10,13-14,19-21H2,1-3H3/t22-,23+,26-,27-,28+,29+,30+,31+,32-/m0/s1. The fourth-order valence-electron chi connectivity index (χ4n) is 9.44. The molecule has 2 aromatic rings. The lowest BCUT2D eigenvalue weighted by Gasteiger charge is -2.58. The highest BCUT2D eigenvalue weighted by Crippen LogP contribution is 2.62. The number of ether oxygens (including phenoxy) is 1. The van der Waals surface area contributed by atoms with Crippen molar-refractivity contribution >= 4 is 11.8 Å². The van der Waals surface area contributed by atoms with Crippen molar-refractivity contribution in [1.29, 1.82) is 0 Å². The van der Waals surface area contributed by atoms with Crippen LogP contribution in [0.4, 0.5) is 0 Å². The van der Waals surface area contributed by atoms with Crippen LogP contribution >= 0.6 is 11.8 Å². The third kappa shape index (κ3) is 4.15. The van der Waals surface area contributed by atoms with Gasteiger partial charge in [-0.05, 0) is 88.7 Å². The van der Waals surface area contributed by atoms with E-state index in [0.29, 0.717) is 28.9 Å². The molecule has 0 N–H and O–H groups in total. The Morgan fingerprint density at radius 3 is 2.29 bits per heavy atom. The molecule has 0 saturated carbocycles. The summed E-state index contributed by atoms with van der Waals surface area (Å²) in [6.07, 6.45) is 19.6. The monoisotopic (exact) mass is 538 g/mol. The van der Waals surface area contributed by atoms with Crippen molar-refractivity contribution in [2.24, 2.45) is 17.3 Å². The van der Waals surface area contributed by atoms with Gasteiger partial charge < -0.3 is 13.6 Å². The Hall–Kier alpha value is -1.21. The van der Waals surface area contributed by atoms with Gasteiger partial charge in [-0.1, -0.05) is 13.8 Å². The second-order valence-corrected chi connectivity index (χ2v) is 14.8. The summed E-state index contributed by atoms with van der Waals surface area (Å²) < 4.78 is 18.4. The summed E-state index contributed by atoms with van der Waals surface area (Å²) in [7, 11) is 0. The maximum Gasteiger partial charge on any atom is 0.117 e. The normalized spacial score (nSPS) is 43.9. The smallest absolute Gasteiger partial charge is 0.117 e. The summed E-state index contributed by atoms with van der Waals surface area (Å²) in [5.74, 6) is 2.74. The van der Waals surface area contributed by atoms with Gasteiger partial charge in [0.25, 0.3) is 0 Å². The zero-order valence-electron chi connectivity index (χ0n) is 23.5. The lowest BCUT2D eigenvalue weighted by atomic mass is 9.66. The van der Waals surface area contributed by atoms with E-state index in [1.807, 2.05) is 25.1 Å². The molecule has 0 radical (unpaired) electrons. The van der Waals surface area contributed by atoms with Gasteiger partial charge >= 0.3 is 0 Å². The van der Waals surface area contributed by atoms with E-state index in [-0.39, 0.29) is 11.6 Å². The van der Waals surface area contributed by atoms with E-state index in [9.17, 15) is 0 Å². The molecule has 5 fully saturated rings. The summed E-state index contributed by atoms with van der Waals surface area (Å²) >= 11 is 2.31. The number of furan rings is 2. The second kappa shape index (κ2) is 10.0. The molecule has 0 aromatic carbocycles. The molecule has 9 atom stereocenters. The number of rotatable bonds is 4. The van der Waals surface area contributed by atoms with Crippen LogP contribution in [0.15, 0.2) is 46.0 Å². The minimum absolute atomic E-state index is 0.198. The van der Waals surface area contributed by atoms with E-state index in [1.165, 1.54) is 81.2 Å². The van der Waals surface area contributed by atoms with Crippen LogP contribution in [0.1, 0.15) is 102 Å². The van der Waals surface area contributed by atoms with Crippen molar-refractivity contribution in [2.45, 2.75) is 114 Å². The number of piperidine rings is 4. The first-order valence-electron chi connectivity index (χ1n) is 15.4. The quantitative estimate of drug-likeness (QED) is 0.398. The Morgan fingerprint density at radius 1 is 0.895 bits per heavy atom. The maximum absolute atomic E-state index is 6.86. The van der Waals surface area contributed by atoms with Crippen LogP contribution in [-0.2, 0) is 4.74 Å². The molecule has 5 aliphatic heterocycles. The molecule has 7 rings (SSSR count). The Kier molecular flexibility index (Phi) is 6.78. The minimum atomic E-state index is 0.198. The van der Waals surface area contributed by atoms with Crippen LogP contribution in [-0.4, -0.2) is 51.8 Å². The molecule has 6 heteroatoms. The van der Waals surface area contributed by atoms with Crippen LogP contribution in [0.2, 0.25) is 0 Å². The first-order chi connectivity index (χ1) is 18.5. The van der Waals surface area contributed by atoms with E-state index in [2.05, 4.69) is 54.5 Å². The molecule has 2 aromatic heterocycles. The zero-order valence-corrected chi connectivity index (χ0v) is 24.3. The second-order valence-electron chi connectivity index (χ2n) is 13.4. The van der Waals surface area contributed by atoms with Crippen LogP contribution in [0, 0.1) is 17.3 Å². The number of thioether (sulfide) groups is 1. The maximum atomic E-state index is 6.86. The highest BCUT2D eigenvalue weighted by Gasteiger charge is 2.61. The van der Waals surface area contributed by atoms with Crippen LogP contribution in [0.25, 0.3) is 0 Å². The third-order valence-electron chi connectivity index (χ3n) is 11.3. The van der Waals surface area contributed by atoms with E-state index >= 15 is 0 Å². The van der Waals surface area contributed by atoms with Gasteiger partial charge in [-0.2, -0.15) is 11.8 Å². The molecular formula is C32H46N2O3S. The zero-order chi connectivity index (χ0) is 25.9. The van der Waals surface area contributed by atoms with Crippen molar-refractivity contribution in [3.63, 3.8) is 0 Å². The molecule has 0 bridgehead atoms. The lowest BCUT2D eigenvalue weighted by Crippen LogP contribution is -2.63. The summed E-state index contributed by atoms with van der Waals surface area (Å²) in [5, 5.41) is 0. The van der Waals surface area contributed by atoms with Gasteiger partial charge in [0.15, 0.2) is 0 Å². The Balaban J connectivity index is 1.19. The van der Waals surface area contributed by atoms with Crippen molar-refractivity contribution in [2.75, 3.05) is 18.9 Å². The van der Waals surface area contributed by atoms with Gasteiger partial charge in [0, 0.05) is 64.4 Å². The molecule has 0 amide bonds. The summed E-state index contributed by atoms with van der Waals surface area (Å²) in [5.41, 5.74) is 2.96. The predicted molar refractivity (Wildman–Crippen MR) is 152 cm³/mol. The number of nitrogens with zero attached hydrogens (tertiary/aromatic N) is 2. The SMILES string of the molecule is CCO[C@H]1N2[C@@H](c3ccoc3)CC[C@@H](C)[C@@H]2CC[C@@]12CS[C@@]1(CC[C@H]3[C@@H](C)CC[C@H](c4ccoc4)N3C1)C2. The Labute approximate surface area is 233 Å².